The lowest BCUT2D eigenvalue weighted by Gasteiger charge is -2.20. The maximum atomic E-state index is 12.3. The average Bonchev–Trinajstić information content (AvgIpc) is 2.76. The zero-order chi connectivity index (χ0) is 14.0. The standard InChI is InChI=1S/C14H17BrN2OS/c1-8-5-6-9(11(15)7-8)14(18)17-12-4-2-3-10(12)13(16)19/h5-7,10,12H,2-4H2,1H3,(H2,16,19)(H,17,18). The highest BCUT2D eigenvalue weighted by Crippen LogP contribution is 2.27. The minimum atomic E-state index is -0.0694. The second-order valence-electron chi connectivity index (χ2n) is 5.00. The molecule has 0 spiro atoms. The lowest BCUT2D eigenvalue weighted by atomic mass is 10.0. The number of benzene rings is 1. The molecule has 19 heavy (non-hydrogen) atoms. The number of halogens is 1. The van der Waals surface area contributed by atoms with Crippen LogP contribution < -0.4 is 11.1 Å². The van der Waals surface area contributed by atoms with Crippen molar-refractivity contribution in [3.63, 3.8) is 0 Å². The lowest BCUT2D eigenvalue weighted by Crippen LogP contribution is -2.41. The van der Waals surface area contributed by atoms with Crippen LogP contribution in [0.5, 0.6) is 0 Å². The quantitative estimate of drug-likeness (QED) is 0.831. The third-order valence-corrected chi connectivity index (χ3v) is 4.53. The van der Waals surface area contributed by atoms with Gasteiger partial charge in [0.25, 0.3) is 5.91 Å². The van der Waals surface area contributed by atoms with Crippen molar-refractivity contribution >= 4 is 39.0 Å². The van der Waals surface area contributed by atoms with Crippen LogP contribution in [-0.2, 0) is 0 Å². The van der Waals surface area contributed by atoms with Crippen LogP contribution in [0.2, 0.25) is 0 Å². The van der Waals surface area contributed by atoms with Crippen LogP contribution in [0.15, 0.2) is 22.7 Å². The molecule has 0 heterocycles. The molecule has 5 heteroatoms. The smallest absolute Gasteiger partial charge is 0.252 e. The van der Waals surface area contributed by atoms with E-state index in [2.05, 4.69) is 21.2 Å². The van der Waals surface area contributed by atoms with Crippen molar-refractivity contribution in [2.45, 2.75) is 32.2 Å². The van der Waals surface area contributed by atoms with E-state index in [1.54, 1.807) is 0 Å². The van der Waals surface area contributed by atoms with E-state index in [-0.39, 0.29) is 17.9 Å². The van der Waals surface area contributed by atoms with E-state index < -0.39 is 0 Å². The average molecular weight is 341 g/mol. The molecule has 0 aliphatic heterocycles. The van der Waals surface area contributed by atoms with E-state index >= 15 is 0 Å². The molecule has 3 nitrogen and oxygen atoms in total. The van der Waals surface area contributed by atoms with Gasteiger partial charge in [-0.15, -0.1) is 0 Å². The Balaban J connectivity index is 2.10. The number of hydrogen-bond donors (Lipinski definition) is 2. The molecule has 102 valence electrons. The van der Waals surface area contributed by atoms with Gasteiger partial charge in [-0.05, 0) is 53.4 Å². The van der Waals surface area contributed by atoms with Gasteiger partial charge in [0.15, 0.2) is 0 Å². The van der Waals surface area contributed by atoms with Crippen molar-refractivity contribution in [2.75, 3.05) is 0 Å². The highest BCUT2D eigenvalue weighted by molar-refractivity contribution is 9.10. The molecular weight excluding hydrogens is 324 g/mol. The SMILES string of the molecule is Cc1ccc(C(=O)NC2CCCC2C(N)=S)c(Br)c1. The van der Waals surface area contributed by atoms with E-state index in [4.69, 9.17) is 18.0 Å². The Morgan fingerprint density at radius 2 is 2.21 bits per heavy atom. The predicted octanol–water partition coefficient (Wildman–Crippen LogP) is 2.94. The Morgan fingerprint density at radius 1 is 1.47 bits per heavy atom. The number of aryl methyl sites for hydroxylation is 1. The molecule has 1 fully saturated rings. The Hall–Kier alpha value is -0.940. The van der Waals surface area contributed by atoms with Crippen molar-refractivity contribution in [1.29, 1.82) is 0 Å². The fourth-order valence-corrected chi connectivity index (χ4v) is 3.48. The van der Waals surface area contributed by atoms with Gasteiger partial charge in [-0.2, -0.15) is 0 Å². The van der Waals surface area contributed by atoms with Gasteiger partial charge in [0.1, 0.15) is 0 Å². The van der Waals surface area contributed by atoms with Gasteiger partial charge in [0.05, 0.1) is 10.6 Å². The topological polar surface area (TPSA) is 55.1 Å². The number of nitrogens with one attached hydrogen (secondary N) is 1. The van der Waals surface area contributed by atoms with E-state index in [0.29, 0.717) is 10.6 Å². The van der Waals surface area contributed by atoms with Crippen molar-refractivity contribution < 1.29 is 4.79 Å². The minimum absolute atomic E-state index is 0.0678. The molecule has 0 bridgehead atoms. The molecule has 1 aromatic rings. The molecule has 0 aromatic heterocycles. The summed E-state index contributed by atoms with van der Waals surface area (Å²) in [5.74, 6) is 0.0585. The molecule has 2 atom stereocenters. The number of hydrogen-bond acceptors (Lipinski definition) is 2. The monoisotopic (exact) mass is 340 g/mol. The fraction of sp³-hybridized carbons (Fsp3) is 0.429. The summed E-state index contributed by atoms with van der Waals surface area (Å²) in [6.07, 6.45) is 2.97. The minimum Gasteiger partial charge on any atom is -0.393 e. The zero-order valence-electron chi connectivity index (χ0n) is 10.8. The molecule has 1 aliphatic carbocycles. The van der Waals surface area contributed by atoms with Gasteiger partial charge in [-0.1, -0.05) is 24.7 Å². The van der Waals surface area contributed by atoms with E-state index in [1.807, 2.05) is 25.1 Å². The molecule has 1 saturated carbocycles. The van der Waals surface area contributed by atoms with Crippen LogP contribution in [0.1, 0.15) is 35.2 Å². The van der Waals surface area contributed by atoms with Crippen molar-refractivity contribution in [3.8, 4) is 0 Å². The normalized spacial score (nSPS) is 22.2. The Bertz CT molecular complexity index is 518. The van der Waals surface area contributed by atoms with Crippen molar-refractivity contribution in [3.05, 3.63) is 33.8 Å². The number of rotatable bonds is 3. The first-order valence-electron chi connectivity index (χ1n) is 6.35. The predicted molar refractivity (Wildman–Crippen MR) is 84.3 cm³/mol. The van der Waals surface area contributed by atoms with Gasteiger partial charge in [-0.3, -0.25) is 4.79 Å². The molecule has 0 radical (unpaired) electrons. The maximum absolute atomic E-state index is 12.3. The molecule has 3 N–H and O–H groups in total. The van der Waals surface area contributed by atoms with E-state index in [1.165, 1.54) is 0 Å². The molecule has 1 amide bonds. The summed E-state index contributed by atoms with van der Waals surface area (Å²) in [6.45, 7) is 1.99. The fourth-order valence-electron chi connectivity index (χ4n) is 2.52. The van der Waals surface area contributed by atoms with Crippen LogP contribution in [0.3, 0.4) is 0 Å². The third kappa shape index (κ3) is 3.34. The second kappa shape index (κ2) is 6.01. The number of nitrogens with two attached hydrogens (primary N) is 1. The number of thiocarbonyl (C=S) groups is 1. The Labute approximate surface area is 127 Å². The van der Waals surface area contributed by atoms with Crippen LogP contribution >= 0.6 is 28.1 Å². The lowest BCUT2D eigenvalue weighted by molar-refractivity contribution is 0.0933. The van der Waals surface area contributed by atoms with Gasteiger partial charge in [-0.25, -0.2) is 0 Å². The summed E-state index contributed by atoms with van der Waals surface area (Å²) in [6, 6.07) is 5.77. The molecule has 1 aromatic carbocycles. The van der Waals surface area contributed by atoms with E-state index in [0.717, 1.165) is 29.3 Å². The van der Waals surface area contributed by atoms with Crippen LogP contribution in [0, 0.1) is 12.8 Å². The number of carbonyl (C=O) groups excluding carboxylic acids is 1. The first-order chi connectivity index (χ1) is 8.99. The van der Waals surface area contributed by atoms with Gasteiger partial charge in [0, 0.05) is 16.4 Å². The van der Waals surface area contributed by atoms with E-state index in [9.17, 15) is 4.79 Å². The second-order valence-corrected chi connectivity index (χ2v) is 6.33. The van der Waals surface area contributed by atoms with Gasteiger partial charge < -0.3 is 11.1 Å². The molecule has 2 rings (SSSR count). The van der Waals surface area contributed by atoms with Gasteiger partial charge in [0.2, 0.25) is 0 Å². The summed E-state index contributed by atoms with van der Waals surface area (Å²) < 4.78 is 0.815. The summed E-state index contributed by atoms with van der Waals surface area (Å²) in [7, 11) is 0. The highest BCUT2D eigenvalue weighted by atomic mass is 79.9. The van der Waals surface area contributed by atoms with Crippen LogP contribution in [0.4, 0.5) is 0 Å². The Kier molecular flexibility index (Phi) is 4.58. The van der Waals surface area contributed by atoms with Gasteiger partial charge >= 0.3 is 0 Å². The van der Waals surface area contributed by atoms with Crippen molar-refractivity contribution in [2.24, 2.45) is 11.7 Å². The summed E-state index contributed by atoms with van der Waals surface area (Å²) in [4.78, 5) is 12.8. The Morgan fingerprint density at radius 3 is 2.84 bits per heavy atom. The molecule has 1 aliphatic rings. The van der Waals surface area contributed by atoms with Crippen molar-refractivity contribution in [1.82, 2.24) is 5.32 Å². The zero-order valence-corrected chi connectivity index (χ0v) is 13.2. The third-order valence-electron chi connectivity index (χ3n) is 3.57. The summed E-state index contributed by atoms with van der Waals surface area (Å²) >= 11 is 8.49. The summed E-state index contributed by atoms with van der Waals surface area (Å²) in [5.41, 5.74) is 7.49. The number of amides is 1. The molecule has 0 saturated heterocycles. The maximum Gasteiger partial charge on any atom is 0.252 e. The molecular formula is C14H17BrN2OS. The largest absolute Gasteiger partial charge is 0.393 e. The first-order valence-corrected chi connectivity index (χ1v) is 7.55. The highest BCUT2D eigenvalue weighted by Gasteiger charge is 2.30. The number of carbonyl (C=O) groups is 1. The first kappa shape index (κ1) is 14.5. The van der Waals surface area contributed by atoms with Crippen LogP contribution in [0.25, 0.3) is 0 Å². The molecule has 2 unspecified atom stereocenters. The van der Waals surface area contributed by atoms with Crippen LogP contribution in [-0.4, -0.2) is 16.9 Å². The summed E-state index contributed by atoms with van der Waals surface area (Å²) in [5, 5.41) is 3.05.